The van der Waals surface area contributed by atoms with E-state index in [4.69, 9.17) is 0 Å². The Morgan fingerprint density at radius 3 is 2.79 bits per heavy atom. The number of rotatable bonds is 8. The summed E-state index contributed by atoms with van der Waals surface area (Å²) in [6.45, 7) is 9.05. The number of unbranched alkanes of at least 4 members (excludes halogenated alkanes) is 1. The van der Waals surface area contributed by atoms with Crippen LogP contribution in [0.15, 0.2) is 42.4 Å². The number of hydrogen-bond donors (Lipinski definition) is 1. The highest BCUT2D eigenvalue weighted by Crippen LogP contribution is 2.31. The SMILES string of the molecule is C=CCCCC(=O)N1CCC(c2nc(C(=O)Nc3cccnc3-n3nc(C)cc3C)cs2)CC1. The lowest BCUT2D eigenvalue weighted by Crippen LogP contribution is -2.37. The molecule has 3 aromatic heterocycles. The first-order chi connectivity index (χ1) is 16.5. The van der Waals surface area contributed by atoms with Gasteiger partial charge in [0.05, 0.1) is 16.4 Å². The van der Waals surface area contributed by atoms with E-state index < -0.39 is 0 Å². The van der Waals surface area contributed by atoms with Crippen LogP contribution < -0.4 is 5.32 Å². The third-order valence-corrected chi connectivity index (χ3v) is 7.00. The molecule has 0 spiro atoms. The fourth-order valence-electron chi connectivity index (χ4n) is 4.20. The molecule has 0 aromatic carbocycles. The number of piperidine rings is 1. The van der Waals surface area contributed by atoms with Gasteiger partial charge >= 0.3 is 0 Å². The van der Waals surface area contributed by atoms with Crippen molar-refractivity contribution < 1.29 is 9.59 Å². The second kappa shape index (κ2) is 10.7. The minimum absolute atomic E-state index is 0.217. The van der Waals surface area contributed by atoms with Crippen molar-refractivity contribution in [3.8, 4) is 5.82 Å². The Balaban J connectivity index is 1.38. The molecule has 34 heavy (non-hydrogen) atoms. The molecule has 1 saturated heterocycles. The maximum absolute atomic E-state index is 13.0. The lowest BCUT2D eigenvalue weighted by atomic mass is 9.97. The second-order valence-electron chi connectivity index (χ2n) is 8.57. The van der Waals surface area contributed by atoms with Crippen LogP contribution in [0.3, 0.4) is 0 Å². The molecule has 0 radical (unpaired) electrons. The summed E-state index contributed by atoms with van der Waals surface area (Å²) < 4.78 is 1.73. The molecule has 8 nitrogen and oxygen atoms in total. The number of pyridine rings is 1. The maximum Gasteiger partial charge on any atom is 0.275 e. The Bertz CT molecular complexity index is 1180. The monoisotopic (exact) mass is 478 g/mol. The molecule has 1 aliphatic heterocycles. The summed E-state index contributed by atoms with van der Waals surface area (Å²) in [4.78, 5) is 36.3. The number of nitrogens with zero attached hydrogens (tertiary/aromatic N) is 5. The van der Waals surface area contributed by atoms with Crippen molar-refractivity contribution in [2.75, 3.05) is 18.4 Å². The van der Waals surface area contributed by atoms with E-state index in [1.807, 2.05) is 37.0 Å². The minimum atomic E-state index is -0.270. The van der Waals surface area contributed by atoms with E-state index >= 15 is 0 Å². The Hall–Kier alpha value is -3.33. The van der Waals surface area contributed by atoms with Crippen LogP contribution in [0.4, 0.5) is 5.69 Å². The summed E-state index contributed by atoms with van der Waals surface area (Å²) >= 11 is 1.51. The number of nitrogens with one attached hydrogen (secondary N) is 1. The van der Waals surface area contributed by atoms with Crippen molar-refractivity contribution in [3.05, 3.63) is 64.5 Å². The average Bonchev–Trinajstić information content (AvgIpc) is 3.46. The fourth-order valence-corrected chi connectivity index (χ4v) is 5.18. The van der Waals surface area contributed by atoms with Gasteiger partial charge in [0, 0.05) is 42.7 Å². The number of amides is 2. The molecule has 4 rings (SSSR count). The number of aromatic nitrogens is 4. The van der Waals surface area contributed by atoms with Gasteiger partial charge in [0.15, 0.2) is 5.82 Å². The molecule has 0 atom stereocenters. The fraction of sp³-hybridized carbons (Fsp3) is 0.400. The molecular formula is C25H30N6O2S. The zero-order valence-corrected chi connectivity index (χ0v) is 20.5. The highest BCUT2D eigenvalue weighted by atomic mass is 32.1. The quantitative estimate of drug-likeness (QED) is 0.376. The third kappa shape index (κ3) is 5.41. The first kappa shape index (κ1) is 23.8. The van der Waals surface area contributed by atoms with Crippen molar-refractivity contribution in [1.29, 1.82) is 0 Å². The van der Waals surface area contributed by atoms with E-state index in [2.05, 4.69) is 27.0 Å². The Morgan fingerprint density at radius 2 is 2.09 bits per heavy atom. The van der Waals surface area contributed by atoms with Crippen molar-refractivity contribution in [2.24, 2.45) is 0 Å². The summed E-state index contributed by atoms with van der Waals surface area (Å²) in [7, 11) is 0. The van der Waals surface area contributed by atoms with E-state index in [1.54, 1.807) is 22.3 Å². The van der Waals surface area contributed by atoms with Crippen LogP contribution in [-0.4, -0.2) is 49.6 Å². The molecule has 0 bridgehead atoms. The number of hydrogen-bond acceptors (Lipinski definition) is 6. The second-order valence-corrected chi connectivity index (χ2v) is 9.46. The summed E-state index contributed by atoms with van der Waals surface area (Å²) in [6, 6.07) is 5.56. The van der Waals surface area contributed by atoms with Crippen molar-refractivity contribution in [2.45, 2.75) is 51.9 Å². The van der Waals surface area contributed by atoms with Gasteiger partial charge in [-0.25, -0.2) is 14.6 Å². The molecule has 0 unspecified atom stereocenters. The third-order valence-electron chi connectivity index (χ3n) is 6.00. The first-order valence-electron chi connectivity index (χ1n) is 11.6. The number of likely N-dealkylation sites (tertiary alicyclic amines) is 1. The van der Waals surface area contributed by atoms with E-state index in [0.717, 1.165) is 55.2 Å². The smallest absolute Gasteiger partial charge is 0.275 e. The first-order valence-corrected chi connectivity index (χ1v) is 12.5. The van der Waals surface area contributed by atoms with Gasteiger partial charge in [-0.3, -0.25) is 9.59 Å². The van der Waals surface area contributed by atoms with E-state index in [1.165, 1.54) is 11.3 Å². The number of carbonyl (C=O) groups excluding carboxylic acids is 2. The summed E-state index contributed by atoms with van der Waals surface area (Å²) in [5.74, 6) is 0.789. The Morgan fingerprint density at radius 1 is 1.29 bits per heavy atom. The van der Waals surface area contributed by atoms with Gasteiger partial charge < -0.3 is 10.2 Å². The molecule has 0 saturated carbocycles. The molecule has 1 N–H and O–H groups in total. The largest absolute Gasteiger partial charge is 0.343 e. The summed E-state index contributed by atoms with van der Waals surface area (Å²) in [5.41, 5.74) is 2.80. The molecule has 0 aliphatic carbocycles. The predicted octanol–water partition coefficient (Wildman–Crippen LogP) is 4.66. The number of carbonyl (C=O) groups is 2. The zero-order valence-electron chi connectivity index (χ0n) is 19.7. The predicted molar refractivity (Wildman–Crippen MR) is 134 cm³/mol. The molecule has 1 fully saturated rings. The normalized spacial score (nSPS) is 14.2. The summed E-state index contributed by atoms with van der Waals surface area (Å²) in [6.07, 6.45) is 7.56. The highest BCUT2D eigenvalue weighted by molar-refractivity contribution is 7.10. The topological polar surface area (TPSA) is 93.0 Å². The Kier molecular flexibility index (Phi) is 7.52. The lowest BCUT2D eigenvalue weighted by molar-refractivity contribution is -0.132. The van der Waals surface area contributed by atoms with Gasteiger partial charge in [0.2, 0.25) is 5.91 Å². The van der Waals surface area contributed by atoms with Crippen LogP contribution in [0.5, 0.6) is 0 Å². The number of thiazole rings is 1. The average molecular weight is 479 g/mol. The Labute approximate surface area is 203 Å². The van der Waals surface area contributed by atoms with Crippen LogP contribution in [-0.2, 0) is 4.79 Å². The van der Waals surface area contributed by atoms with Gasteiger partial charge in [-0.2, -0.15) is 5.10 Å². The number of allylic oxidation sites excluding steroid dienone is 1. The molecule has 178 valence electrons. The van der Waals surface area contributed by atoms with Crippen molar-refractivity contribution >= 4 is 28.8 Å². The molecule has 9 heteroatoms. The summed E-state index contributed by atoms with van der Waals surface area (Å²) in [5, 5.41) is 10.2. The number of aryl methyl sites for hydroxylation is 2. The molecule has 3 aromatic rings. The van der Waals surface area contributed by atoms with Gasteiger partial charge in [-0.05, 0) is 57.7 Å². The molecule has 4 heterocycles. The van der Waals surface area contributed by atoms with E-state index in [9.17, 15) is 9.59 Å². The van der Waals surface area contributed by atoms with Crippen LogP contribution in [0.1, 0.15) is 64.9 Å². The molecule has 2 amide bonds. The number of anilines is 1. The van der Waals surface area contributed by atoms with Gasteiger partial charge in [0.1, 0.15) is 5.69 Å². The van der Waals surface area contributed by atoms with E-state index in [-0.39, 0.29) is 17.7 Å². The van der Waals surface area contributed by atoms with E-state index in [0.29, 0.717) is 23.6 Å². The molecule has 1 aliphatic rings. The molecular weight excluding hydrogens is 448 g/mol. The van der Waals surface area contributed by atoms with Crippen LogP contribution >= 0.6 is 11.3 Å². The van der Waals surface area contributed by atoms with Gasteiger partial charge in [0.25, 0.3) is 5.91 Å². The van der Waals surface area contributed by atoms with Crippen LogP contribution in [0.2, 0.25) is 0 Å². The minimum Gasteiger partial charge on any atom is -0.343 e. The van der Waals surface area contributed by atoms with Crippen LogP contribution in [0.25, 0.3) is 5.82 Å². The highest BCUT2D eigenvalue weighted by Gasteiger charge is 2.26. The van der Waals surface area contributed by atoms with Crippen LogP contribution in [0, 0.1) is 13.8 Å². The lowest BCUT2D eigenvalue weighted by Gasteiger charge is -2.31. The van der Waals surface area contributed by atoms with Gasteiger partial charge in [-0.15, -0.1) is 17.9 Å². The standard InChI is InChI=1S/C25H30N6O2S/c1-4-5-6-9-22(32)30-13-10-19(11-14-30)25-28-21(16-34-25)24(33)27-20-8-7-12-26-23(20)31-18(3)15-17(2)29-31/h4,7-8,12,15-16,19H,1,5-6,9-11,13-14H2,2-3H3,(H,27,33). The van der Waals surface area contributed by atoms with Crippen molar-refractivity contribution in [1.82, 2.24) is 24.6 Å². The maximum atomic E-state index is 13.0. The van der Waals surface area contributed by atoms with Gasteiger partial charge in [-0.1, -0.05) is 6.08 Å². The van der Waals surface area contributed by atoms with Crippen molar-refractivity contribution in [3.63, 3.8) is 0 Å². The zero-order chi connectivity index (χ0) is 24.1.